The summed E-state index contributed by atoms with van der Waals surface area (Å²) in [5, 5.41) is 0. The summed E-state index contributed by atoms with van der Waals surface area (Å²) in [5.41, 5.74) is 0.684. The molecule has 2 amide bonds. The van der Waals surface area contributed by atoms with Gasteiger partial charge in [-0.3, -0.25) is 4.90 Å². The molecule has 3 heteroatoms. The van der Waals surface area contributed by atoms with Crippen LogP contribution in [0.4, 0.5) is 4.79 Å². The van der Waals surface area contributed by atoms with E-state index in [0.717, 1.165) is 25.1 Å². The molecule has 0 N–H and O–H groups in total. The lowest BCUT2D eigenvalue weighted by Gasteiger charge is -2.26. The normalized spacial score (nSPS) is 20.9. The number of hydrogen-bond donors (Lipinski definition) is 0. The van der Waals surface area contributed by atoms with Gasteiger partial charge in [0, 0.05) is 19.3 Å². The van der Waals surface area contributed by atoms with E-state index in [2.05, 4.69) is 13.5 Å². The Labute approximate surface area is 86.4 Å². The quantitative estimate of drug-likeness (QED) is 0.680. The number of carbonyl (C=O) groups excluding carboxylic acids is 1. The highest BCUT2D eigenvalue weighted by atomic mass is 16.2. The van der Waals surface area contributed by atoms with Crippen molar-refractivity contribution in [3.8, 4) is 0 Å². The number of nitrogens with zero attached hydrogens (tertiary/aromatic N) is 2. The zero-order chi connectivity index (χ0) is 10.9. The fourth-order valence-electron chi connectivity index (χ4n) is 1.61. The van der Waals surface area contributed by atoms with Crippen LogP contribution in [-0.2, 0) is 0 Å². The van der Waals surface area contributed by atoms with Gasteiger partial charge in [-0.05, 0) is 20.3 Å². The van der Waals surface area contributed by atoms with Crippen molar-refractivity contribution >= 4 is 6.03 Å². The van der Waals surface area contributed by atoms with E-state index in [1.807, 2.05) is 20.9 Å². The SMILES string of the molecule is C=C1N(CCCC)C(=O)N(C)C1(C)C. The highest BCUT2D eigenvalue weighted by Crippen LogP contribution is 2.33. The van der Waals surface area contributed by atoms with Gasteiger partial charge in [-0.1, -0.05) is 19.9 Å². The Kier molecular flexibility index (Phi) is 2.88. The zero-order valence-electron chi connectivity index (χ0n) is 9.63. The lowest BCUT2D eigenvalue weighted by atomic mass is 10.0. The fourth-order valence-corrected chi connectivity index (χ4v) is 1.61. The van der Waals surface area contributed by atoms with Gasteiger partial charge >= 0.3 is 6.03 Å². The number of amides is 2. The number of unbranched alkanes of at least 4 members (excludes halogenated alkanes) is 1. The molecule has 0 atom stereocenters. The lowest BCUT2D eigenvalue weighted by molar-refractivity contribution is 0.187. The van der Waals surface area contributed by atoms with Crippen molar-refractivity contribution < 1.29 is 4.79 Å². The summed E-state index contributed by atoms with van der Waals surface area (Å²) in [5.74, 6) is 0. The highest BCUT2D eigenvalue weighted by Gasteiger charge is 2.43. The van der Waals surface area contributed by atoms with Crippen molar-refractivity contribution in [2.45, 2.75) is 39.2 Å². The van der Waals surface area contributed by atoms with E-state index in [1.165, 1.54) is 0 Å². The molecular weight excluding hydrogens is 176 g/mol. The van der Waals surface area contributed by atoms with Crippen LogP contribution >= 0.6 is 0 Å². The first-order chi connectivity index (χ1) is 6.42. The van der Waals surface area contributed by atoms with Crippen LogP contribution in [0.25, 0.3) is 0 Å². The predicted octanol–water partition coefficient (Wildman–Crippen LogP) is 2.45. The van der Waals surface area contributed by atoms with E-state index in [-0.39, 0.29) is 11.6 Å². The highest BCUT2D eigenvalue weighted by molar-refractivity contribution is 5.81. The molecule has 1 aliphatic heterocycles. The molecule has 0 aromatic heterocycles. The van der Waals surface area contributed by atoms with Crippen molar-refractivity contribution in [2.75, 3.05) is 13.6 Å². The van der Waals surface area contributed by atoms with Crippen LogP contribution in [0, 0.1) is 0 Å². The van der Waals surface area contributed by atoms with E-state index < -0.39 is 0 Å². The third kappa shape index (κ3) is 1.51. The van der Waals surface area contributed by atoms with Crippen molar-refractivity contribution in [1.82, 2.24) is 9.80 Å². The van der Waals surface area contributed by atoms with E-state index in [0.29, 0.717) is 0 Å². The maximum Gasteiger partial charge on any atom is 0.324 e. The van der Waals surface area contributed by atoms with E-state index in [9.17, 15) is 4.79 Å². The number of hydrogen-bond acceptors (Lipinski definition) is 1. The average Bonchev–Trinajstić information content (AvgIpc) is 2.28. The molecule has 80 valence electrons. The van der Waals surface area contributed by atoms with Gasteiger partial charge in [0.05, 0.1) is 5.54 Å². The van der Waals surface area contributed by atoms with Crippen molar-refractivity contribution in [1.29, 1.82) is 0 Å². The molecule has 0 saturated carbocycles. The standard InChI is InChI=1S/C11H20N2O/c1-6-7-8-13-9(2)11(3,4)12(5)10(13)14/h2,6-8H2,1,3-5H3. The topological polar surface area (TPSA) is 23.6 Å². The molecular formula is C11H20N2O. The summed E-state index contributed by atoms with van der Waals surface area (Å²) in [6.45, 7) is 11.0. The van der Waals surface area contributed by atoms with Gasteiger partial charge in [0.25, 0.3) is 0 Å². The molecule has 14 heavy (non-hydrogen) atoms. The smallest absolute Gasteiger partial charge is 0.317 e. The third-order valence-corrected chi connectivity index (χ3v) is 3.12. The molecule has 3 nitrogen and oxygen atoms in total. The molecule has 0 radical (unpaired) electrons. The Morgan fingerprint density at radius 2 is 2.00 bits per heavy atom. The molecule has 1 heterocycles. The summed E-state index contributed by atoms with van der Waals surface area (Å²) in [7, 11) is 1.83. The predicted molar refractivity (Wildman–Crippen MR) is 58.0 cm³/mol. The van der Waals surface area contributed by atoms with Crippen LogP contribution < -0.4 is 0 Å². The van der Waals surface area contributed by atoms with Gasteiger partial charge in [0.1, 0.15) is 0 Å². The number of likely N-dealkylation sites (N-methyl/N-ethyl adjacent to an activating group) is 1. The average molecular weight is 196 g/mol. The number of urea groups is 1. The molecule has 1 aliphatic rings. The Balaban J connectivity index is 2.80. The fraction of sp³-hybridized carbons (Fsp3) is 0.727. The first-order valence-electron chi connectivity index (χ1n) is 5.17. The van der Waals surface area contributed by atoms with Crippen LogP contribution in [0.3, 0.4) is 0 Å². The van der Waals surface area contributed by atoms with Crippen molar-refractivity contribution in [2.24, 2.45) is 0 Å². The molecule has 0 spiro atoms. The molecule has 0 aromatic carbocycles. The number of carbonyl (C=O) groups is 1. The van der Waals surface area contributed by atoms with Crippen LogP contribution in [-0.4, -0.2) is 35.0 Å². The monoisotopic (exact) mass is 196 g/mol. The molecule has 0 aromatic rings. The number of rotatable bonds is 3. The summed E-state index contributed by atoms with van der Waals surface area (Å²) in [6, 6.07) is 0.0773. The molecule has 0 unspecified atom stereocenters. The third-order valence-electron chi connectivity index (χ3n) is 3.12. The van der Waals surface area contributed by atoms with Crippen molar-refractivity contribution in [3.05, 3.63) is 12.3 Å². The van der Waals surface area contributed by atoms with E-state index in [1.54, 1.807) is 9.80 Å². The van der Waals surface area contributed by atoms with Gasteiger partial charge < -0.3 is 4.90 Å². The molecule has 1 fully saturated rings. The molecule has 0 aliphatic carbocycles. The second-order valence-corrected chi connectivity index (χ2v) is 4.35. The molecule has 1 rings (SSSR count). The maximum absolute atomic E-state index is 11.8. The second kappa shape index (κ2) is 3.64. The van der Waals surface area contributed by atoms with Crippen molar-refractivity contribution in [3.63, 3.8) is 0 Å². The largest absolute Gasteiger partial charge is 0.324 e. The summed E-state index contributed by atoms with van der Waals surface area (Å²) >= 11 is 0. The van der Waals surface area contributed by atoms with Gasteiger partial charge in [0.15, 0.2) is 0 Å². The minimum Gasteiger partial charge on any atom is -0.317 e. The van der Waals surface area contributed by atoms with Gasteiger partial charge in [-0.25, -0.2) is 4.79 Å². The lowest BCUT2D eigenvalue weighted by Crippen LogP contribution is -2.37. The summed E-state index contributed by atoms with van der Waals surface area (Å²) < 4.78 is 0. The van der Waals surface area contributed by atoms with E-state index in [4.69, 9.17) is 0 Å². The summed E-state index contributed by atoms with van der Waals surface area (Å²) in [6.07, 6.45) is 2.13. The van der Waals surface area contributed by atoms with Crippen LogP contribution in [0.1, 0.15) is 33.6 Å². The van der Waals surface area contributed by atoms with Crippen LogP contribution in [0.5, 0.6) is 0 Å². The molecule has 1 saturated heterocycles. The maximum atomic E-state index is 11.8. The Bertz CT molecular complexity index is 258. The summed E-state index contributed by atoms with van der Waals surface area (Å²) in [4.78, 5) is 15.4. The van der Waals surface area contributed by atoms with Gasteiger partial charge in [-0.2, -0.15) is 0 Å². The Morgan fingerprint density at radius 3 is 2.36 bits per heavy atom. The minimum absolute atomic E-state index is 0.0773. The first kappa shape index (κ1) is 11.1. The van der Waals surface area contributed by atoms with Crippen LogP contribution in [0.15, 0.2) is 12.3 Å². The minimum atomic E-state index is -0.231. The zero-order valence-corrected chi connectivity index (χ0v) is 9.63. The Hall–Kier alpha value is -0.990. The van der Waals surface area contributed by atoms with Gasteiger partial charge in [0.2, 0.25) is 0 Å². The second-order valence-electron chi connectivity index (χ2n) is 4.35. The van der Waals surface area contributed by atoms with Gasteiger partial charge in [-0.15, -0.1) is 0 Å². The first-order valence-corrected chi connectivity index (χ1v) is 5.17. The van der Waals surface area contributed by atoms with Crippen LogP contribution in [0.2, 0.25) is 0 Å². The Morgan fingerprint density at radius 1 is 1.43 bits per heavy atom. The molecule has 0 bridgehead atoms. The van der Waals surface area contributed by atoms with E-state index >= 15 is 0 Å².